The zero-order valence-electron chi connectivity index (χ0n) is 12.7. The van der Waals surface area contributed by atoms with Crippen molar-refractivity contribution < 1.29 is 9.53 Å². The molecule has 0 saturated heterocycles. The summed E-state index contributed by atoms with van der Waals surface area (Å²) in [5.41, 5.74) is 2.72. The molecule has 0 heterocycles. The van der Waals surface area contributed by atoms with Crippen molar-refractivity contribution in [2.75, 3.05) is 7.11 Å². The van der Waals surface area contributed by atoms with E-state index in [1.165, 1.54) is 31.9 Å². The van der Waals surface area contributed by atoms with Gasteiger partial charge in [0.1, 0.15) is 0 Å². The number of methoxy groups -OCH3 is 1. The van der Waals surface area contributed by atoms with E-state index in [-0.39, 0.29) is 5.97 Å². The number of rotatable bonds is 5. The maximum atomic E-state index is 11.4. The Balaban J connectivity index is 1.94. The number of benzene rings is 1. The molecule has 20 heavy (non-hydrogen) atoms. The Bertz CT molecular complexity index is 468. The van der Waals surface area contributed by atoms with E-state index in [1.807, 2.05) is 18.2 Å². The Morgan fingerprint density at radius 1 is 1.35 bits per heavy atom. The van der Waals surface area contributed by atoms with Crippen molar-refractivity contribution in [3.05, 3.63) is 35.4 Å². The first-order valence-electron chi connectivity index (χ1n) is 7.37. The molecule has 1 aromatic carbocycles. The summed E-state index contributed by atoms with van der Waals surface area (Å²) in [6.07, 6.45) is 4.11. The molecule has 0 bridgehead atoms. The highest BCUT2D eigenvalue weighted by atomic mass is 16.5. The van der Waals surface area contributed by atoms with E-state index in [1.54, 1.807) is 0 Å². The quantitative estimate of drug-likeness (QED) is 0.839. The topological polar surface area (TPSA) is 38.3 Å². The van der Waals surface area contributed by atoms with Gasteiger partial charge in [0.05, 0.1) is 13.5 Å². The maximum Gasteiger partial charge on any atom is 0.309 e. The van der Waals surface area contributed by atoms with Gasteiger partial charge in [-0.25, -0.2) is 0 Å². The summed E-state index contributed by atoms with van der Waals surface area (Å²) in [5, 5.41) is 3.63. The van der Waals surface area contributed by atoms with Gasteiger partial charge in [-0.15, -0.1) is 0 Å². The Kier molecular flexibility index (Phi) is 4.81. The Morgan fingerprint density at radius 3 is 2.65 bits per heavy atom. The molecule has 0 radical (unpaired) electrons. The van der Waals surface area contributed by atoms with Crippen LogP contribution in [0.3, 0.4) is 0 Å². The molecular formula is C17H25NO2. The van der Waals surface area contributed by atoms with Crippen LogP contribution in [0.25, 0.3) is 0 Å². The fourth-order valence-electron chi connectivity index (χ4n) is 2.99. The molecule has 3 heteroatoms. The number of carbonyl (C=O) groups is 1. The predicted molar refractivity (Wildman–Crippen MR) is 80.4 cm³/mol. The number of carbonyl (C=O) groups excluding carboxylic acids is 1. The van der Waals surface area contributed by atoms with Crippen LogP contribution in [0, 0.1) is 5.41 Å². The molecule has 1 aliphatic rings. The van der Waals surface area contributed by atoms with Gasteiger partial charge in [0.2, 0.25) is 0 Å². The summed E-state index contributed by atoms with van der Waals surface area (Å²) in [6.45, 7) is 5.49. The normalized spacial score (nSPS) is 20.9. The molecule has 1 fully saturated rings. The first-order chi connectivity index (χ1) is 9.50. The van der Waals surface area contributed by atoms with Gasteiger partial charge in [-0.05, 0) is 35.8 Å². The summed E-state index contributed by atoms with van der Waals surface area (Å²) in [6, 6.07) is 8.69. The van der Waals surface area contributed by atoms with Gasteiger partial charge in [0, 0.05) is 12.6 Å². The minimum atomic E-state index is -0.181. The van der Waals surface area contributed by atoms with Gasteiger partial charge in [-0.1, -0.05) is 38.1 Å². The van der Waals surface area contributed by atoms with Crippen molar-refractivity contribution in [1.82, 2.24) is 5.32 Å². The lowest BCUT2D eigenvalue weighted by Gasteiger charge is -2.18. The number of hydrogen-bond donors (Lipinski definition) is 1. The highest BCUT2D eigenvalue weighted by Gasteiger charge is 2.30. The third kappa shape index (κ3) is 4.07. The molecule has 110 valence electrons. The fraction of sp³-hybridized carbons (Fsp3) is 0.588. The van der Waals surface area contributed by atoms with Crippen LogP contribution in [0.15, 0.2) is 24.3 Å². The molecule has 2 rings (SSSR count). The molecule has 1 unspecified atom stereocenters. The van der Waals surface area contributed by atoms with Crippen LogP contribution in [-0.4, -0.2) is 19.1 Å². The summed E-state index contributed by atoms with van der Waals surface area (Å²) in [5.74, 6) is -0.181. The van der Waals surface area contributed by atoms with Crippen LogP contribution in [0.1, 0.15) is 44.2 Å². The van der Waals surface area contributed by atoms with Gasteiger partial charge in [0.25, 0.3) is 0 Å². The number of esters is 1. The van der Waals surface area contributed by atoms with Gasteiger partial charge in [-0.3, -0.25) is 4.79 Å². The third-order valence-corrected chi connectivity index (χ3v) is 4.23. The second-order valence-corrected chi connectivity index (χ2v) is 6.51. The van der Waals surface area contributed by atoms with Crippen molar-refractivity contribution >= 4 is 5.97 Å². The van der Waals surface area contributed by atoms with Crippen LogP contribution < -0.4 is 5.32 Å². The van der Waals surface area contributed by atoms with E-state index < -0.39 is 0 Å². The molecule has 1 saturated carbocycles. The number of nitrogens with one attached hydrogen (secondary N) is 1. The average Bonchev–Trinajstić information content (AvgIpc) is 2.77. The van der Waals surface area contributed by atoms with E-state index in [2.05, 4.69) is 25.2 Å². The first-order valence-corrected chi connectivity index (χ1v) is 7.37. The SMILES string of the molecule is COC(=O)Cc1ccccc1CNC1CCC(C)(C)C1. The largest absolute Gasteiger partial charge is 0.469 e. The monoisotopic (exact) mass is 275 g/mol. The van der Waals surface area contributed by atoms with Crippen molar-refractivity contribution in [3.8, 4) is 0 Å². The van der Waals surface area contributed by atoms with Crippen molar-refractivity contribution in [2.24, 2.45) is 5.41 Å². The second-order valence-electron chi connectivity index (χ2n) is 6.51. The number of hydrogen-bond acceptors (Lipinski definition) is 3. The summed E-state index contributed by atoms with van der Waals surface area (Å²) in [4.78, 5) is 11.4. The molecule has 1 aromatic rings. The van der Waals surface area contributed by atoms with Gasteiger partial charge in [-0.2, -0.15) is 0 Å². The van der Waals surface area contributed by atoms with E-state index >= 15 is 0 Å². The lowest BCUT2D eigenvalue weighted by atomic mass is 9.92. The molecule has 1 N–H and O–H groups in total. The smallest absolute Gasteiger partial charge is 0.309 e. The van der Waals surface area contributed by atoms with Crippen molar-refractivity contribution in [1.29, 1.82) is 0 Å². The van der Waals surface area contributed by atoms with E-state index in [9.17, 15) is 4.79 Å². The highest BCUT2D eigenvalue weighted by molar-refractivity contribution is 5.72. The minimum absolute atomic E-state index is 0.181. The molecule has 3 nitrogen and oxygen atoms in total. The first kappa shape index (κ1) is 15.0. The van der Waals surface area contributed by atoms with E-state index in [4.69, 9.17) is 4.74 Å². The zero-order valence-corrected chi connectivity index (χ0v) is 12.7. The lowest BCUT2D eigenvalue weighted by molar-refractivity contribution is -0.139. The third-order valence-electron chi connectivity index (χ3n) is 4.23. The van der Waals surface area contributed by atoms with E-state index in [0.29, 0.717) is 17.9 Å². The number of ether oxygens (including phenoxy) is 1. The van der Waals surface area contributed by atoms with Crippen molar-refractivity contribution in [2.45, 2.75) is 52.1 Å². The average molecular weight is 275 g/mol. The van der Waals surface area contributed by atoms with Crippen LogP contribution in [0.5, 0.6) is 0 Å². The molecule has 0 aromatic heterocycles. The van der Waals surface area contributed by atoms with Gasteiger partial charge < -0.3 is 10.1 Å². The van der Waals surface area contributed by atoms with Gasteiger partial charge >= 0.3 is 5.97 Å². The van der Waals surface area contributed by atoms with Crippen LogP contribution >= 0.6 is 0 Å². The summed E-state index contributed by atoms with van der Waals surface area (Å²) in [7, 11) is 1.43. The minimum Gasteiger partial charge on any atom is -0.469 e. The summed E-state index contributed by atoms with van der Waals surface area (Å²) < 4.78 is 4.76. The molecule has 0 spiro atoms. The molecule has 0 amide bonds. The highest BCUT2D eigenvalue weighted by Crippen LogP contribution is 2.37. The van der Waals surface area contributed by atoms with Gasteiger partial charge in [0.15, 0.2) is 0 Å². The Hall–Kier alpha value is -1.35. The fourth-order valence-corrected chi connectivity index (χ4v) is 2.99. The van der Waals surface area contributed by atoms with Crippen molar-refractivity contribution in [3.63, 3.8) is 0 Å². The molecule has 1 atom stereocenters. The Morgan fingerprint density at radius 2 is 2.05 bits per heavy atom. The molecular weight excluding hydrogens is 250 g/mol. The maximum absolute atomic E-state index is 11.4. The van der Waals surface area contributed by atoms with Crippen LogP contribution in [0.4, 0.5) is 0 Å². The standard InChI is InChI=1S/C17H25NO2/c1-17(2)9-8-15(11-17)18-12-14-7-5-4-6-13(14)10-16(19)20-3/h4-7,15,18H,8-12H2,1-3H3. The molecule has 0 aliphatic heterocycles. The zero-order chi connectivity index (χ0) is 14.6. The van der Waals surface area contributed by atoms with Crippen LogP contribution in [0.2, 0.25) is 0 Å². The predicted octanol–water partition coefficient (Wildman–Crippen LogP) is 3.07. The van der Waals surface area contributed by atoms with E-state index in [0.717, 1.165) is 12.1 Å². The van der Waals surface area contributed by atoms with Crippen LogP contribution in [-0.2, 0) is 22.5 Å². The molecule has 1 aliphatic carbocycles. The lowest BCUT2D eigenvalue weighted by Crippen LogP contribution is -2.27. The second kappa shape index (κ2) is 6.40. The summed E-state index contributed by atoms with van der Waals surface area (Å²) >= 11 is 0. The Labute approximate surface area is 121 Å².